The van der Waals surface area contributed by atoms with Crippen LogP contribution in [0.1, 0.15) is 37.4 Å². The summed E-state index contributed by atoms with van der Waals surface area (Å²) in [5.41, 5.74) is 0.312. The van der Waals surface area contributed by atoms with Crippen LogP contribution in [-0.4, -0.2) is 29.2 Å². The van der Waals surface area contributed by atoms with Gasteiger partial charge in [0.25, 0.3) is 5.69 Å². The van der Waals surface area contributed by atoms with Crippen molar-refractivity contribution in [3.8, 4) is 0 Å². The van der Waals surface area contributed by atoms with Crippen molar-refractivity contribution in [2.24, 2.45) is 5.92 Å². The molecule has 140 valence electrons. The van der Waals surface area contributed by atoms with Crippen molar-refractivity contribution in [2.75, 3.05) is 17.7 Å². The molecule has 0 aliphatic carbocycles. The number of esters is 1. The Morgan fingerprint density at radius 2 is 2.08 bits per heavy atom. The summed E-state index contributed by atoms with van der Waals surface area (Å²) in [6, 6.07) is 2.91. The maximum Gasteiger partial charge on any atom is 0.350 e. The molecule has 1 N–H and O–H groups in total. The largest absolute Gasteiger partial charge is 0.462 e. The molecule has 0 saturated heterocycles. The second-order valence-corrected chi connectivity index (χ2v) is 8.10. The predicted molar refractivity (Wildman–Crippen MR) is 104 cm³/mol. The van der Waals surface area contributed by atoms with E-state index in [1.165, 1.54) is 30.8 Å². The average molecular weight is 396 g/mol. The Kier molecular flexibility index (Phi) is 6.60. The van der Waals surface area contributed by atoms with Crippen molar-refractivity contribution >= 4 is 56.4 Å². The highest BCUT2D eigenvalue weighted by Gasteiger charge is 2.25. The number of anilines is 1. The second-order valence-electron chi connectivity index (χ2n) is 5.99. The van der Waals surface area contributed by atoms with Gasteiger partial charge in [-0.15, -0.1) is 23.1 Å². The SMILES string of the molecule is CCOC(=O)c1sc2cc([N+](=O)[O-])cc(SCC(C)C)c2c1NC(C)=O. The van der Waals surface area contributed by atoms with Gasteiger partial charge in [0.1, 0.15) is 4.88 Å². The number of carbonyl (C=O) groups is 2. The zero-order valence-electron chi connectivity index (χ0n) is 15.0. The van der Waals surface area contributed by atoms with Crippen molar-refractivity contribution in [3.05, 3.63) is 27.1 Å². The number of hydrogen-bond donors (Lipinski definition) is 1. The second kappa shape index (κ2) is 8.50. The average Bonchev–Trinajstić information content (AvgIpc) is 2.90. The molecule has 0 atom stereocenters. The lowest BCUT2D eigenvalue weighted by atomic mass is 10.2. The number of ether oxygens (including phenoxy) is 1. The Hall–Kier alpha value is -2.13. The summed E-state index contributed by atoms with van der Waals surface area (Å²) in [4.78, 5) is 35.7. The smallest absolute Gasteiger partial charge is 0.350 e. The van der Waals surface area contributed by atoms with Gasteiger partial charge in [0.2, 0.25) is 5.91 Å². The quantitative estimate of drug-likeness (QED) is 0.315. The van der Waals surface area contributed by atoms with Gasteiger partial charge >= 0.3 is 5.97 Å². The van der Waals surface area contributed by atoms with E-state index in [2.05, 4.69) is 5.32 Å². The first-order valence-corrected chi connectivity index (χ1v) is 9.87. The van der Waals surface area contributed by atoms with Crippen LogP contribution < -0.4 is 5.32 Å². The number of non-ortho nitro benzene ring substituents is 1. The summed E-state index contributed by atoms with van der Waals surface area (Å²) in [6.07, 6.45) is 0. The lowest BCUT2D eigenvalue weighted by Crippen LogP contribution is -2.11. The number of amides is 1. The molecule has 0 aliphatic heterocycles. The molecule has 9 heteroatoms. The number of carbonyl (C=O) groups excluding carboxylic acids is 2. The molecule has 1 aromatic heterocycles. The molecule has 2 aromatic rings. The number of nitrogens with zero attached hydrogens (tertiary/aromatic N) is 1. The van der Waals surface area contributed by atoms with E-state index in [4.69, 9.17) is 4.74 Å². The van der Waals surface area contributed by atoms with E-state index in [1.54, 1.807) is 6.92 Å². The third-order valence-electron chi connectivity index (χ3n) is 3.28. The Balaban J connectivity index is 2.73. The molecule has 0 spiro atoms. The minimum Gasteiger partial charge on any atom is -0.462 e. The first-order valence-electron chi connectivity index (χ1n) is 8.07. The molecule has 26 heavy (non-hydrogen) atoms. The van der Waals surface area contributed by atoms with Crippen LogP contribution in [0.4, 0.5) is 11.4 Å². The van der Waals surface area contributed by atoms with E-state index < -0.39 is 10.9 Å². The molecular formula is C17H20N2O5S2. The van der Waals surface area contributed by atoms with E-state index in [-0.39, 0.29) is 23.1 Å². The summed E-state index contributed by atoms with van der Waals surface area (Å²) in [5.74, 6) is 0.246. The third kappa shape index (κ3) is 4.53. The van der Waals surface area contributed by atoms with Gasteiger partial charge in [-0.05, 0) is 12.8 Å². The molecule has 7 nitrogen and oxygen atoms in total. The topological polar surface area (TPSA) is 98.5 Å². The highest BCUT2D eigenvalue weighted by molar-refractivity contribution is 7.99. The third-order valence-corrected chi connectivity index (χ3v) is 5.87. The van der Waals surface area contributed by atoms with Gasteiger partial charge in [0.05, 0.1) is 17.2 Å². The minimum absolute atomic E-state index is 0.0465. The molecular weight excluding hydrogens is 376 g/mol. The fraction of sp³-hybridized carbons (Fsp3) is 0.412. The van der Waals surface area contributed by atoms with Gasteiger partial charge in [0.15, 0.2) is 0 Å². The number of nitro benzene ring substituents is 1. The van der Waals surface area contributed by atoms with E-state index in [0.717, 1.165) is 17.1 Å². The zero-order chi connectivity index (χ0) is 19.4. The Morgan fingerprint density at radius 3 is 2.62 bits per heavy atom. The van der Waals surface area contributed by atoms with Crippen LogP contribution in [0.2, 0.25) is 0 Å². The summed E-state index contributed by atoms with van der Waals surface area (Å²) < 4.78 is 5.64. The van der Waals surface area contributed by atoms with Crippen LogP contribution in [-0.2, 0) is 9.53 Å². The Labute approximate surface area is 159 Å². The summed E-state index contributed by atoms with van der Waals surface area (Å²) in [5, 5.41) is 14.6. The van der Waals surface area contributed by atoms with Crippen LogP contribution in [0.15, 0.2) is 17.0 Å². The van der Waals surface area contributed by atoms with E-state index >= 15 is 0 Å². The Morgan fingerprint density at radius 1 is 1.38 bits per heavy atom. The number of thioether (sulfide) groups is 1. The van der Waals surface area contributed by atoms with Crippen molar-refractivity contribution in [1.29, 1.82) is 0 Å². The Bertz CT molecular complexity index is 860. The van der Waals surface area contributed by atoms with Crippen LogP contribution >= 0.6 is 23.1 Å². The number of fused-ring (bicyclic) bond motifs is 1. The summed E-state index contributed by atoms with van der Waals surface area (Å²) >= 11 is 2.55. The lowest BCUT2D eigenvalue weighted by molar-refractivity contribution is -0.384. The van der Waals surface area contributed by atoms with Gasteiger partial charge in [-0.3, -0.25) is 14.9 Å². The van der Waals surface area contributed by atoms with Gasteiger partial charge in [0, 0.05) is 39.8 Å². The molecule has 0 fully saturated rings. The number of hydrogen-bond acceptors (Lipinski definition) is 7. The maximum absolute atomic E-state index is 12.3. The number of nitro groups is 1. The molecule has 0 radical (unpaired) electrons. The fourth-order valence-electron chi connectivity index (χ4n) is 2.29. The van der Waals surface area contributed by atoms with Crippen molar-refractivity contribution < 1.29 is 19.2 Å². The normalized spacial score (nSPS) is 11.0. The molecule has 1 amide bonds. The van der Waals surface area contributed by atoms with Gasteiger partial charge < -0.3 is 10.1 Å². The lowest BCUT2D eigenvalue weighted by Gasteiger charge is -2.09. The van der Waals surface area contributed by atoms with Crippen LogP contribution in [0.25, 0.3) is 10.1 Å². The standard InChI is InChI=1S/C17H20N2O5S2/c1-5-24-17(21)16-15(18-10(4)20)14-12(25-8-9(2)3)6-11(19(22)23)7-13(14)26-16/h6-7,9H,5,8H2,1-4H3,(H,18,20). The van der Waals surface area contributed by atoms with Gasteiger partial charge in [-0.2, -0.15) is 0 Å². The number of benzene rings is 1. The molecule has 1 heterocycles. The van der Waals surface area contributed by atoms with Gasteiger partial charge in [-0.25, -0.2) is 4.79 Å². The molecule has 0 aliphatic rings. The molecule has 0 bridgehead atoms. The molecule has 2 rings (SSSR count). The number of nitrogens with one attached hydrogen (secondary N) is 1. The van der Waals surface area contributed by atoms with Crippen LogP contribution in [0, 0.1) is 16.0 Å². The first-order chi connectivity index (χ1) is 12.2. The van der Waals surface area contributed by atoms with Crippen molar-refractivity contribution in [2.45, 2.75) is 32.6 Å². The molecule has 0 unspecified atom stereocenters. The summed E-state index contributed by atoms with van der Waals surface area (Å²) in [6.45, 7) is 7.34. The maximum atomic E-state index is 12.3. The number of rotatable bonds is 7. The fourth-order valence-corrected chi connectivity index (χ4v) is 4.54. The number of thiophene rings is 1. The van der Waals surface area contributed by atoms with Crippen molar-refractivity contribution in [1.82, 2.24) is 0 Å². The molecule has 1 aromatic carbocycles. The van der Waals surface area contributed by atoms with Crippen LogP contribution in [0.5, 0.6) is 0 Å². The minimum atomic E-state index is -0.556. The molecule has 0 saturated carbocycles. The van der Waals surface area contributed by atoms with E-state index in [9.17, 15) is 19.7 Å². The predicted octanol–water partition coefficient (Wildman–Crippen LogP) is 4.69. The van der Waals surface area contributed by atoms with Crippen LogP contribution in [0.3, 0.4) is 0 Å². The van der Waals surface area contributed by atoms with Crippen molar-refractivity contribution in [3.63, 3.8) is 0 Å². The zero-order valence-corrected chi connectivity index (χ0v) is 16.6. The highest BCUT2D eigenvalue weighted by atomic mass is 32.2. The monoisotopic (exact) mass is 396 g/mol. The van der Waals surface area contributed by atoms with E-state index in [0.29, 0.717) is 26.6 Å². The van der Waals surface area contributed by atoms with E-state index in [1.807, 2.05) is 13.8 Å². The van der Waals surface area contributed by atoms with Gasteiger partial charge in [-0.1, -0.05) is 13.8 Å². The first kappa shape index (κ1) is 20.2. The summed E-state index contributed by atoms with van der Waals surface area (Å²) in [7, 11) is 0. The highest BCUT2D eigenvalue weighted by Crippen LogP contribution is 2.44.